The van der Waals surface area contributed by atoms with Gasteiger partial charge < -0.3 is 14.6 Å². The molecule has 2 aromatic rings. The lowest BCUT2D eigenvalue weighted by atomic mass is 10.0. The summed E-state index contributed by atoms with van der Waals surface area (Å²) in [5.41, 5.74) is 1.54. The average Bonchev–Trinajstić information content (AvgIpc) is 2.83. The number of hydrogen-bond acceptors (Lipinski definition) is 3. The predicted molar refractivity (Wildman–Crippen MR) is 85.6 cm³/mol. The summed E-state index contributed by atoms with van der Waals surface area (Å²) in [6, 6.07) is 7.06. The molecule has 1 N–H and O–H groups in total. The van der Waals surface area contributed by atoms with E-state index in [2.05, 4.69) is 5.32 Å². The molecule has 5 heteroatoms. The van der Waals surface area contributed by atoms with Crippen LogP contribution in [0.2, 0.25) is 0 Å². The Morgan fingerprint density at radius 3 is 2.59 bits per heavy atom. The van der Waals surface area contributed by atoms with Gasteiger partial charge in [0.25, 0.3) is 5.91 Å². The molecule has 0 bridgehead atoms. The maximum absolute atomic E-state index is 12.6. The molecule has 1 amide bonds. The van der Waals surface area contributed by atoms with E-state index in [9.17, 15) is 9.59 Å². The number of benzene rings is 1. The highest BCUT2D eigenvalue weighted by molar-refractivity contribution is 6.07. The number of aryl methyl sites for hydroxylation is 1. The van der Waals surface area contributed by atoms with Gasteiger partial charge in [0.15, 0.2) is 0 Å². The fraction of sp³-hybridized carbons (Fsp3) is 0.412. The maximum atomic E-state index is 12.6. The van der Waals surface area contributed by atoms with E-state index >= 15 is 0 Å². The van der Waals surface area contributed by atoms with Gasteiger partial charge >= 0.3 is 5.97 Å². The number of esters is 1. The number of amides is 1. The van der Waals surface area contributed by atoms with Gasteiger partial charge in [-0.3, -0.25) is 4.79 Å². The van der Waals surface area contributed by atoms with Gasteiger partial charge in [0.05, 0.1) is 12.7 Å². The lowest BCUT2D eigenvalue weighted by molar-refractivity contribution is -0.143. The van der Waals surface area contributed by atoms with E-state index in [1.165, 1.54) is 7.11 Å². The molecule has 0 radical (unpaired) electrons. The van der Waals surface area contributed by atoms with Gasteiger partial charge in [0, 0.05) is 24.1 Å². The number of hydrogen-bond donors (Lipinski definition) is 1. The number of nitrogens with zero attached hydrogens (tertiary/aromatic N) is 1. The number of ether oxygens (including phenoxy) is 1. The second kappa shape index (κ2) is 6.64. The molecule has 118 valence electrons. The van der Waals surface area contributed by atoms with Gasteiger partial charge in [0.1, 0.15) is 6.04 Å². The number of aromatic nitrogens is 1. The molecule has 1 unspecified atom stereocenters. The molecule has 22 heavy (non-hydrogen) atoms. The molecule has 0 fully saturated rings. The predicted octanol–water partition coefficient (Wildman–Crippen LogP) is 2.50. The topological polar surface area (TPSA) is 60.3 Å². The molecule has 0 saturated carbocycles. The summed E-state index contributed by atoms with van der Waals surface area (Å²) in [7, 11) is 3.23. The van der Waals surface area contributed by atoms with Crippen LogP contribution in [0.4, 0.5) is 0 Å². The van der Waals surface area contributed by atoms with E-state index in [4.69, 9.17) is 4.74 Å². The number of rotatable bonds is 5. The zero-order valence-corrected chi connectivity index (χ0v) is 13.4. The smallest absolute Gasteiger partial charge is 0.328 e. The van der Waals surface area contributed by atoms with Gasteiger partial charge in [0.2, 0.25) is 0 Å². The Morgan fingerprint density at radius 2 is 1.95 bits per heavy atom. The van der Waals surface area contributed by atoms with Crippen molar-refractivity contribution < 1.29 is 14.3 Å². The van der Waals surface area contributed by atoms with Crippen LogP contribution < -0.4 is 5.32 Å². The number of methoxy groups -OCH3 is 1. The fourth-order valence-corrected chi connectivity index (χ4v) is 2.59. The summed E-state index contributed by atoms with van der Waals surface area (Å²) >= 11 is 0. The van der Waals surface area contributed by atoms with E-state index in [1.807, 2.05) is 49.7 Å². The molecule has 5 nitrogen and oxygen atoms in total. The number of carbonyl (C=O) groups excluding carboxylic acids is 2. The molecule has 1 aromatic carbocycles. The van der Waals surface area contributed by atoms with E-state index in [0.29, 0.717) is 12.0 Å². The highest BCUT2D eigenvalue weighted by Crippen LogP contribution is 2.20. The monoisotopic (exact) mass is 302 g/mol. The van der Waals surface area contributed by atoms with Crippen molar-refractivity contribution >= 4 is 22.8 Å². The van der Waals surface area contributed by atoms with E-state index in [1.54, 1.807) is 6.20 Å². The number of fused-ring (bicyclic) bond motifs is 1. The van der Waals surface area contributed by atoms with Gasteiger partial charge in [-0.05, 0) is 18.4 Å². The Morgan fingerprint density at radius 1 is 1.27 bits per heavy atom. The SMILES string of the molecule is COC(=O)C(CC(C)C)NC(=O)c1cn(C)c2ccccc12. The minimum atomic E-state index is -0.628. The largest absolute Gasteiger partial charge is 0.467 e. The first-order valence-corrected chi connectivity index (χ1v) is 7.36. The highest BCUT2D eigenvalue weighted by Gasteiger charge is 2.24. The molecule has 1 aromatic heterocycles. The minimum absolute atomic E-state index is 0.257. The van der Waals surface area contributed by atoms with Crippen LogP contribution in [0, 0.1) is 5.92 Å². The summed E-state index contributed by atoms with van der Waals surface area (Å²) < 4.78 is 6.69. The molecule has 0 saturated heterocycles. The number of carbonyl (C=O) groups is 2. The van der Waals surface area contributed by atoms with E-state index in [0.717, 1.165) is 10.9 Å². The molecular formula is C17H22N2O3. The number of para-hydroxylation sites is 1. The van der Waals surface area contributed by atoms with Crippen molar-refractivity contribution in [2.45, 2.75) is 26.3 Å². The fourth-order valence-electron chi connectivity index (χ4n) is 2.59. The van der Waals surface area contributed by atoms with Crippen LogP contribution in [0.15, 0.2) is 30.5 Å². The zero-order valence-electron chi connectivity index (χ0n) is 13.4. The zero-order chi connectivity index (χ0) is 16.3. The van der Waals surface area contributed by atoms with Crippen LogP contribution in [0.5, 0.6) is 0 Å². The van der Waals surface area contributed by atoms with Crippen molar-refractivity contribution in [3.63, 3.8) is 0 Å². The van der Waals surface area contributed by atoms with Gasteiger partial charge in [-0.15, -0.1) is 0 Å². The third kappa shape index (κ3) is 3.30. The van der Waals surface area contributed by atoms with Gasteiger partial charge in [-0.2, -0.15) is 0 Å². The molecule has 0 spiro atoms. The molecule has 0 aliphatic heterocycles. The summed E-state index contributed by atoms with van der Waals surface area (Å²) in [5, 5.41) is 3.66. The van der Waals surface area contributed by atoms with Crippen LogP contribution in [-0.4, -0.2) is 29.6 Å². The summed E-state index contributed by atoms with van der Waals surface area (Å²) in [4.78, 5) is 24.4. The molecular weight excluding hydrogens is 280 g/mol. The van der Waals surface area contributed by atoms with Gasteiger partial charge in [-0.25, -0.2) is 4.79 Å². The van der Waals surface area contributed by atoms with Crippen molar-refractivity contribution in [2.75, 3.05) is 7.11 Å². The molecule has 0 aliphatic rings. The first-order chi connectivity index (χ1) is 10.4. The minimum Gasteiger partial charge on any atom is -0.467 e. The average molecular weight is 302 g/mol. The Labute approximate surface area is 130 Å². The molecule has 0 aliphatic carbocycles. The lowest BCUT2D eigenvalue weighted by Gasteiger charge is -2.18. The van der Waals surface area contributed by atoms with Crippen molar-refractivity contribution in [1.82, 2.24) is 9.88 Å². The van der Waals surface area contributed by atoms with Crippen molar-refractivity contribution in [3.8, 4) is 0 Å². The van der Waals surface area contributed by atoms with Crippen molar-refractivity contribution in [3.05, 3.63) is 36.0 Å². The highest BCUT2D eigenvalue weighted by atomic mass is 16.5. The summed E-state index contributed by atoms with van der Waals surface area (Å²) in [6.07, 6.45) is 2.33. The Kier molecular flexibility index (Phi) is 4.85. The normalized spacial score (nSPS) is 12.4. The number of nitrogens with one attached hydrogen (secondary N) is 1. The maximum Gasteiger partial charge on any atom is 0.328 e. The standard InChI is InChI=1S/C17H22N2O3/c1-11(2)9-14(17(21)22-4)18-16(20)13-10-19(3)15-8-6-5-7-12(13)15/h5-8,10-11,14H,9H2,1-4H3,(H,18,20). The Balaban J connectivity index is 2.27. The first-order valence-electron chi connectivity index (χ1n) is 7.36. The lowest BCUT2D eigenvalue weighted by Crippen LogP contribution is -2.42. The Hall–Kier alpha value is -2.30. The van der Waals surface area contributed by atoms with Crippen LogP contribution in [0.3, 0.4) is 0 Å². The molecule has 1 atom stereocenters. The van der Waals surface area contributed by atoms with Crippen molar-refractivity contribution in [2.24, 2.45) is 13.0 Å². The van der Waals surface area contributed by atoms with Gasteiger partial charge in [-0.1, -0.05) is 32.0 Å². The summed E-state index contributed by atoms with van der Waals surface area (Å²) in [6.45, 7) is 4.00. The third-order valence-electron chi connectivity index (χ3n) is 3.64. The quantitative estimate of drug-likeness (QED) is 0.863. The molecule has 2 rings (SSSR count). The second-order valence-corrected chi connectivity index (χ2v) is 5.85. The summed E-state index contributed by atoms with van der Waals surface area (Å²) in [5.74, 6) is -0.396. The van der Waals surface area contributed by atoms with Crippen LogP contribution >= 0.6 is 0 Å². The third-order valence-corrected chi connectivity index (χ3v) is 3.64. The van der Waals surface area contributed by atoms with Crippen LogP contribution in [0.25, 0.3) is 10.9 Å². The second-order valence-electron chi connectivity index (χ2n) is 5.85. The molecule has 1 heterocycles. The van der Waals surface area contributed by atoms with Crippen LogP contribution in [0.1, 0.15) is 30.6 Å². The van der Waals surface area contributed by atoms with Crippen LogP contribution in [-0.2, 0) is 16.6 Å². The Bertz CT molecular complexity index is 688. The van der Waals surface area contributed by atoms with Crippen molar-refractivity contribution in [1.29, 1.82) is 0 Å². The first kappa shape index (κ1) is 16.1. The van der Waals surface area contributed by atoms with E-state index in [-0.39, 0.29) is 11.8 Å². The van der Waals surface area contributed by atoms with E-state index < -0.39 is 12.0 Å².